The molecule has 0 aromatic carbocycles. The Morgan fingerprint density at radius 3 is 2.76 bits per heavy atom. The summed E-state index contributed by atoms with van der Waals surface area (Å²) in [5.41, 5.74) is 1.05. The van der Waals surface area contributed by atoms with Crippen molar-refractivity contribution in [3.63, 3.8) is 0 Å². The summed E-state index contributed by atoms with van der Waals surface area (Å²) in [4.78, 5) is 14.4. The Morgan fingerprint density at radius 1 is 1.36 bits per heavy atom. The molecule has 2 heterocycles. The Morgan fingerprint density at radius 2 is 2.12 bits per heavy atom. The number of nitrogens with one attached hydrogen (secondary N) is 1. The van der Waals surface area contributed by atoms with E-state index < -0.39 is 0 Å². The highest BCUT2D eigenvalue weighted by Crippen LogP contribution is 2.55. The topological polar surface area (TPSA) is 54.7 Å². The van der Waals surface area contributed by atoms with Crippen LogP contribution in [0.2, 0.25) is 0 Å². The van der Waals surface area contributed by atoms with Gasteiger partial charge in [-0.3, -0.25) is 4.79 Å². The number of rotatable bonds is 5. The third-order valence-corrected chi connectivity index (χ3v) is 6.67. The zero-order valence-corrected chi connectivity index (χ0v) is 15.2. The molecule has 1 saturated heterocycles. The second kappa shape index (κ2) is 7.12. The summed E-state index contributed by atoms with van der Waals surface area (Å²) in [7, 11) is 0. The predicted octanol–water partition coefficient (Wildman–Crippen LogP) is 3.21. The fourth-order valence-electron chi connectivity index (χ4n) is 5.22. The number of hydrogen-bond acceptors (Lipinski definition) is 4. The van der Waals surface area contributed by atoms with Gasteiger partial charge >= 0.3 is 0 Å². The molecule has 5 nitrogen and oxygen atoms in total. The molecule has 2 saturated carbocycles. The molecule has 2 aliphatic carbocycles. The summed E-state index contributed by atoms with van der Waals surface area (Å²) in [5.74, 6) is 0.0968. The van der Waals surface area contributed by atoms with E-state index in [0.717, 1.165) is 39.0 Å². The van der Waals surface area contributed by atoms with Gasteiger partial charge in [-0.15, -0.1) is 0 Å². The lowest BCUT2D eigenvalue weighted by molar-refractivity contribution is -0.133. The van der Waals surface area contributed by atoms with Crippen molar-refractivity contribution in [3.8, 4) is 0 Å². The molecule has 25 heavy (non-hydrogen) atoms. The van der Waals surface area contributed by atoms with Gasteiger partial charge in [-0.25, -0.2) is 0 Å². The van der Waals surface area contributed by atoms with Gasteiger partial charge in [-0.2, -0.15) is 0 Å². The highest BCUT2D eigenvalue weighted by molar-refractivity contribution is 5.93. The lowest BCUT2D eigenvalue weighted by atomic mass is 9.60. The number of piperidine rings is 1. The van der Waals surface area contributed by atoms with Gasteiger partial charge in [0.1, 0.15) is 6.26 Å². The van der Waals surface area contributed by atoms with Crippen LogP contribution in [0.5, 0.6) is 0 Å². The van der Waals surface area contributed by atoms with Crippen LogP contribution in [0.25, 0.3) is 0 Å². The number of hydrogen-bond donors (Lipinski definition) is 1. The molecule has 1 amide bonds. The zero-order chi connectivity index (χ0) is 17.3. The number of carbonyl (C=O) groups excluding carboxylic acids is 1. The van der Waals surface area contributed by atoms with E-state index in [1.807, 2.05) is 4.90 Å². The Balaban J connectivity index is 1.30. The van der Waals surface area contributed by atoms with E-state index in [2.05, 4.69) is 12.2 Å². The van der Waals surface area contributed by atoms with Crippen LogP contribution in [-0.4, -0.2) is 48.7 Å². The first-order valence-corrected chi connectivity index (χ1v) is 9.92. The summed E-state index contributed by atoms with van der Waals surface area (Å²) in [6.45, 7) is 4.59. The predicted molar refractivity (Wildman–Crippen MR) is 95.5 cm³/mol. The van der Waals surface area contributed by atoms with E-state index in [-0.39, 0.29) is 5.91 Å². The van der Waals surface area contributed by atoms with Gasteiger partial charge in [0, 0.05) is 37.2 Å². The first-order chi connectivity index (χ1) is 12.2. The summed E-state index contributed by atoms with van der Waals surface area (Å²) in [6.07, 6.45) is 12.1. The van der Waals surface area contributed by atoms with Crippen LogP contribution < -0.4 is 5.32 Å². The van der Waals surface area contributed by atoms with Gasteiger partial charge in [0.2, 0.25) is 0 Å². The molecule has 0 radical (unpaired) electrons. The van der Waals surface area contributed by atoms with Crippen molar-refractivity contribution in [2.45, 2.75) is 70.1 Å². The highest BCUT2D eigenvalue weighted by atomic mass is 16.5. The second-order valence-corrected chi connectivity index (χ2v) is 7.92. The molecule has 3 fully saturated rings. The molecular formula is C20H30N2O3. The number of nitrogens with zero attached hydrogens (tertiary/aromatic N) is 1. The van der Waals surface area contributed by atoms with E-state index in [4.69, 9.17) is 9.15 Å². The molecule has 1 aliphatic heterocycles. The van der Waals surface area contributed by atoms with Crippen LogP contribution in [0.1, 0.15) is 62.2 Å². The number of ether oxygens (including phenoxy) is 1. The molecule has 138 valence electrons. The third-order valence-electron chi connectivity index (χ3n) is 6.67. The molecule has 1 N–H and O–H groups in total. The molecule has 2 atom stereocenters. The molecule has 1 spiro atoms. The van der Waals surface area contributed by atoms with Crippen molar-refractivity contribution in [2.75, 3.05) is 19.7 Å². The van der Waals surface area contributed by atoms with Crippen LogP contribution in [-0.2, 0) is 4.74 Å². The lowest BCUT2D eigenvalue weighted by Crippen LogP contribution is -2.65. The van der Waals surface area contributed by atoms with Crippen molar-refractivity contribution >= 4 is 5.91 Å². The zero-order valence-electron chi connectivity index (χ0n) is 15.2. The fourth-order valence-corrected chi connectivity index (χ4v) is 5.22. The number of likely N-dealkylation sites (tertiary alicyclic amines) is 1. The summed E-state index contributed by atoms with van der Waals surface area (Å²) >= 11 is 0. The van der Waals surface area contributed by atoms with E-state index >= 15 is 0 Å². The van der Waals surface area contributed by atoms with Crippen molar-refractivity contribution in [3.05, 3.63) is 24.2 Å². The molecular weight excluding hydrogens is 316 g/mol. The SMILES string of the molecule is CCO[C@H]1C[C@H](NC2CCN(C(=O)c3ccoc3)CC2)C12CCCC2. The van der Waals surface area contributed by atoms with E-state index in [9.17, 15) is 4.79 Å². The van der Waals surface area contributed by atoms with Crippen molar-refractivity contribution in [1.29, 1.82) is 0 Å². The first-order valence-electron chi connectivity index (χ1n) is 9.92. The maximum Gasteiger partial charge on any atom is 0.257 e. The maximum absolute atomic E-state index is 12.4. The summed E-state index contributed by atoms with van der Waals surface area (Å²) in [6, 6.07) is 2.88. The Bertz CT molecular complexity index is 572. The van der Waals surface area contributed by atoms with Crippen LogP contribution in [0.3, 0.4) is 0 Å². The van der Waals surface area contributed by atoms with E-state index in [0.29, 0.717) is 29.2 Å². The normalized spacial score (nSPS) is 29.1. The Labute approximate surface area is 150 Å². The van der Waals surface area contributed by atoms with Gasteiger partial charge in [-0.1, -0.05) is 12.8 Å². The molecule has 5 heteroatoms. The van der Waals surface area contributed by atoms with Crippen LogP contribution in [0.15, 0.2) is 23.0 Å². The smallest absolute Gasteiger partial charge is 0.257 e. The van der Waals surface area contributed by atoms with Crippen LogP contribution in [0.4, 0.5) is 0 Å². The summed E-state index contributed by atoms with van der Waals surface area (Å²) in [5, 5.41) is 3.93. The van der Waals surface area contributed by atoms with Crippen LogP contribution in [0, 0.1) is 5.41 Å². The van der Waals surface area contributed by atoms with Crippen molar-refractivity contribution in [1.82, 2.24) is 10.2 Å². The maximum atomic E-state index is 12.4. The monoisotopic (exact) mass is 346 g/mol. The van der Waals surface area contributed by atoms with E-state index in [1.54, 1.807) is 18.6 Å². The average Bonchev–Trinajstić information content (AvgIpc) is 3.33. The second-order valence-electron chi connectivity index (χ2n) is 7.92. The number of furan rings is 1. The van der Waals surface area contributed by atoms with Gasteiger partial charge in [0.25, 0.3) is 5.91 Å². The Kier molecular flexibility index (Phi) is 4.87. The molecule has 1 aromatic heterocycles. The standard InChI is InChI=1S/C20H30N2O3/c1-2-25-18-13-17(20(18)8-3-4-9-20)21-16-5-10-22(11-6-16)19(23)15-7-12-24-14-15/h7,12,14,16-18,21H,2-6,8-11,13H2,1H3/t17-,18-/m0/s1. The van der Waals surface area contributed by atoms with Gasteiger partial charge in [0.05, 0.1) is 17.9 Å². The highest BCUT2D eigenvalue weighted by Gasteiger charge is 2.56. The van der Waals surface area contributed by atoms with Crippen LogP contribution >= 0.6 is 0 Å². The first kappa shape index (κ1) is 17.1. The van der Waals surface area contributed by atoms with E-state index in [1.165, 1.54) is 25.7 Å². The molecule has 3 aliphatic rings. The average molecular weight is 346 g/mol. The minimum absolute atomic E-state index is 0.0968. The molecule has 4 rings (SSSR count). The van der Waals surface area contributed by atoms with Gasteiger partial charge in [0.15, 0.2) is 0 Å². The Hall–Kier alpha value is -1.33. The quantitative estimate of drug-likeness (QED) is 0.889. The molecule has 1 aromatic rings. The van der Waals surface area contributed by atoms with Gasteiger partial charge < -0.3 is 19.4 Å². The summed E-state index contributed by atoms with van der Waals surface area (Å²) < 4.78 is 11.1. The fraction of sp³-hybridized carbons (Fsp3) is 0.750. The lowest BCUT2D eigenvalue weighted by Gasteiger charge is -2.55. The number of amides is 1. The largest absolute Gasteiger partial charge is 0.472 e. The minimum atomic E-state index is 0.0968. The molecule has 0 bridgehead atoms. The van der Waals surface area contributed by atoms with Crippen molar-refractivity contribution < 1.29 is 13.9 Å². The third kappa shape index (κ3) is 3.13. The number of carbonyl (C=O) groups is 1. The van der Waals surface area contributed by atoms with Gasteiger partial charge in [-0.05, 0) is 45.1 Å². The minimum Gasteiger partial charge on any atom is -0.472 e. The molecule has 0 unspecified atom stereocenters. The van der Waals surface area contributed by atoms with Crippen molar-refractivity contribution in [2.24, 2.45) is 5.41 Å².